The Labute approximate surface area is 113 Å². The Balaban J connectivity index is 2.67. The molecule has 0 aliphatic heterocycles. The zero-order valence-corrected chi connectivity index (χ0v) is 11.9. The monoisotopic (exact) mass is 271 g/mol. The summed E-state index contributed by atoms with van der Waals surface area (Å²) in [6.45, 7) is 2.77. The normalized spacial score (nSPS) is 12.7. The van der Waals surface area contributed by atoms with E-state index in [9.17, 15) is 4.39 Å². The Morgan fingerprint density at radius 2 is 2.22 bits per heavy atom. The van der Waals surface area contributed by atoms with Crippen LogP contribution >= 0.6 is 11.8 Å². The molecule has 0 aliphatic rings. The molecule has 0 amide bonds. The zero-order chi connectivity index (χ0) is 13.4. The molecule has 2 N–H and O–H groups in total. The van der Waals surface area contributed by atoms with Gasteiger partial charge in [-0.05, 0) is 31.4 Å². The molecular weight excluding hydrogens is 249 g/mol. The molecule has 1 unspecified atom stereocenters. The molecule has 0 bridgehead atoms. The first-order valence-electron chi connectivity index (χ1n) is 6.33. The van der Waals surface area contributed by atoms with E-state index in [0.29, 0.717) is 6.42 Å². The zero-order valence-electron chi connectivity index (χ0n) is 11.1. The van der Waals surface area contributed by atoms with Gasteiger partial charge >= 0.3 is 0 Å². The molecule has 1 aromatic rings. The van der Waals surface area contributed by atoms with E-state index in [0.717, 1.165) is 35.7 Å². The smallest absolute Gasteiger partial charge is 0.127 e. The van der Waals surface area contributed by atoms with Crippen molar-refractivity contribution in [3.63, 3.8) is 0 Å². The highest BCUT2D eigenvalue weighted by atomic mass is 32.2. The Morgan fingerprint density at radius 1 is 1.44 bits per heavy atom. The summed E-state index contributed by atoms with van der Waals surface area (Å²) in [4.78, 5) is 1.01. The molecule has 0 heterocycles. The van der Waals surface area contributed by atoms with Crippen LogP contribution in [-0.2, 0) is 11.2 Å². The molecule has 2 nitrogen and oxygen atoms in total. The fourth-order valence-electron chi connectivity index (χ4n) is 1.66. The van der Waals surface area contributed by atoms with Crippen LogP contribution in [0.2, 0.25) is 0 Å². The van der Waals surface area contributed by atoms with Crippen molar-refractivity contribution >= 4 is 11.8 Å². The minimum atomic E-state index is -0.143. The molecule has 102 valence electrons. The van der Waals surface area contributed by atoms with E-state index in [4.69, 9.17) is 10.5 Å². The third-order valence-electron chi connectivity index (χ3n) is 2.82. The van der Waals surface area contributed by atoms with Crippen LogP contribution in [0.1, 0.15) is 25.3 Å². The van der Waals surface area contributed by atoms with E-state index in [1.807, 2.05) is 13.0 Å². The van der Waals surface area contributed by atoms with Gasteiger partial charge in [-0.3, -0.25) is 0 Å². The number of methoxy groups -OCH3 is 1. The van der Waals surface area contributed by atoms with Crippen molar-refractivity contribution in [3.8, 4) is 0 Å². The first kappa shape index (κ1) is 15.5. The summed E-state index contributed by atoms with van der Waals surface area (Å²) < 4.78 is 18.8. The summed E-state index contributed by atoms with van der Waals surface area (Å²) in [6.07, 6.45) is 2.44. The highest BCUT2D eigenvalue weighted by Gasteiger charge is 2.11. The number of hydrogen-bond acceptors (Lipinski definition) is 3. The molecule has 1 aromatic carbocycles. The van der Waals surface area contributed by atoms with Gasteiger partial charge in [0.05, 0.1) is 0 Å². The maximum Gasteiger partial charge on any atom is 0.127 e. The lowest BCUT2D eigenvalue weighted by atomic mass is 10.0. The quantitative estimate of drug-likeness (QED) is 0.582. The average molecular weight is 271 g/mol. The van der Waals surface area contributed by atoms with Crippen molar-refractivity contribution in [3.05, 3.63) is 29.6 Å². The van der Waals surface area contributed by atoms with Gasteiger partial charge in [-0.15, -0.1) is 11.8 Å². The lowest BCUT2D eigenvalue weighted by Gasteiger charge is -2.14. The molecule has 1 rings (SSSR count). The number of thioether (sulfide) groups is 1. The lowest BCUT2D eigenvalue weighted by Crippen LogP contribution is -2.22. The Bertz CT molecular complexity index is 360. The van der Waals surface area contributed by atoms with Crippen molar-refractivity contribution in [2.45, 2.75) is 37.1 Å². The van der Waals surface area contributed by atoms with Crippen molar-refractivity contribution < 1.29 is 9.13 Å². The van der Waals surface area contributed by atoms with Crippen molar-refractivity contribution in [2.24, 2.45) is 5.73 Å². The highest BCUT2D eigenvalue weighted by molar-refractivity contribution is 7.99. The molecular formula is C14H22FNOS. The Hall–Kier alpha value is -0.580. The van der Waals surface area contributed by atoms with Crippen LogP contribution in [0.5, 0.6) is 0 Å². The fraction of sp³-hybridized carbons (Fsp3) is 0.571. The van der Waals surface area contributed by atoms with Crippen LogP contribution in [0.3, 0.4) is 0 Å². The summed E-state index contributed by atoms with van der Waals surface area (Å²) in [5, 5.41) is 0. The van der Waals surface area contributed by atoms with Gasteiger partial charge in [-0.25, -0.2) is 4.39 Å². The lowest BCUT2D eigenvalue weighted by molar-refractivity contribution is 0.200. The van der Waals surface area contributed by atoms with Gasteiger partial charge in [0.2, 0.25) is 0 Å². The van der Waals surface area contributed by atoms with Gasteiger partial charge in [0.1, 0.15) is 5.82 Å². The molecule has 0 spiro atoms. The van der Waals surface area contributed by atoms with E-state index in [1.165, 1.54) is 6.07 Å². The first-order valence-corrected chi connectivity index (χ1v) is 7.32. The average Bonchev–Trinajstić information content (AvgIpc) is 2.38. The Morgan fingerprint density at radius 3 is 2.89 bits per heavy atom. The number of rotatable bonds is 8. The molecule has 0 fully saturated rings. The molecule has 0 saturated heterocycles. The van der Waals surface area contributed by atoms with Crippen molar-refractivity contribution in [1.82, 2.24) is 0 Å². The van der Waals surface area contributed by atoms with E-state index < -0.39 is 0 Å². The van der Waals surface area contributed by atoms with Gasteiger partial charge in [-0.1, -0.05) is 13.0 Å². The molecule has 0 saturated carbocycles. The largest absolute Gasteiger partial charge is 0.385 e. The first-order chi connectivity index (χ1) is 8.69. The van der Waals surface area contributed by atoms with Crippen LogP contribution < -0.4 is 5.73 Å². The number of nitrogens with two attached hydrogens (primary N) is 1. The molecule has 0 aromatic heterocycles. The predicted molar refractivity (Wildman–Crippen MR) is 75.6 cm³/mol. The molecule has 1 atom stereocenters. The number of ether oxygens (including phenoxy) is 1. The van der Waals surface area contributed by atoms with Gasteiger partial charge < -0.3 is 10.5 Å². The summed E-state index contributed by atoms with van der Waals surface area (Å²) >= 11 is 1.68. The predicted octanol–water partition coefficient (Wildman–Crippen LogP) is 3.23. The maximum atomic E-state index is 13.8. The molecule has 0 radical (unpaired) electrons. The van der Waals surface area contributed by atoms with Crippen LogP contribution in [-0.4, -0.2) is 25.5 Å². The third kappa shape index (κ3) is 4.96. The van der Waals surface area contributed by atoms with E-state index in [2.05, 4.69) is 0 Å². The summed E-state index contributed by atoms with van der Waals surface area (Å²) in [6, 6.07) is 5.27. The van der Waals surface area contributed by atoms with Crippen molar-refractivity contribution in [1.29, 1.82) is 0 Å². The van der Waals surface area contributed by atoms with Gasteiger partial charge in [0, 0.05) is 36.0 Å². The van der Waals surface area contributed by atoms with E-state index in [1.54, 1.807) is 24.9 Å². The minimum absolute atomic E-state index is 0.0280. The van der Waals surface area contributed by atoms with Gasteiger partial charge in [-0.2, -0.15) is 0 Å². The number of hydrogen-bond donors (Lipinski definition) is 1. The molecule has 4 heteroatoms. The maximum absolute atomic E-state index is 13.8. The standard InChI is InChI=1S/C14H22FNOS/c1-3-11(16)10-12-13(15)6-4-7-14(12)18-9-5-8-17-2/h4,6-7,11H,3,5,8-10,16H2,1-2H3. The highest BCUT2D eigenvalue weighted by Crippen LogP contribution is 2.26. The van der Waals surface area contributed by atoms with Crippen LogP contribution in [0.25, 0.3) is 0 Å². The summed E-state index contributed by atoms with van der Waals surface area (Å²) in [7, 11) is 1.69. The topological polar surface area (TPSA) is 35.2 Å². The second-order valence-electron chi connectivity index (χ2n) is 4.28. The second-order valence-corrected chi connectivity index (χ2v) is 5.42. The second kappa shape index (κ2) is 8.51. The molecule has 0 aliphatic carbocycles. The number of halogens is 1. The van der Waals surface area contributed by atoms with Crippen LogP contribution in [0.15, 0.2) is 23.1 Å². The van der Waals surface area contributed by atoms with E-state index in [-0.39, 0.29) is 11.9 Å². The van der Waals surface area contributed by atoms with E-state index >= 15 is 0 Å². The van der Waals surface area contributed by atoms with Crippen LogP contribution in [0, 0.1) is 5.82 Å². The molecule has 18 heavy (non-hydrogen) atoms. The minimum Gasteiger partial charge on any atom is -0.385 e. The fourth-order valence-corrected chi connectivity index (χ4v) is 2.68. The Kier molecular flexibility index (Phi) is 7.32. The van der Waals surface area contributed by atoms with Crippen LogP contribution in [0.4, 0.5) is 4.39 Å². The SMILES string of the molecule is CCC(N)Cc1c(F)cccc1SCCCOC. The van der Waals surface area contributed by atoms with Gasteiger partial charge in [0.25, 0.3) is 0 Å². The van der Waals surface area contributed by atoms with Gasteiger partial charge in [0.15, 0.2) is 0 Å². The van der Waals surface area contributed by atoms with Crippen molar-refractivity contribution in [2.75, 3.05) is 19.5 Å². The third-order valence-corrected chi connectivity index (χ3v) is 4.00. The number of benzene rings is 1. The summed E-state index contributed by atoms with van der Waals surface area (Å²) in [5.41, 5.74) is 6.68. The summed E-state index contributed by atoms with van der Waals surface area (Å²) in [5.74, 6) is 0.793.